The molecule has 0 bridgehead atoms. The van der Waals surface area contributed by atoms with Crippen LogP contribution in [0, 0.1) is 20.8 Å². The SMILES string of the molecule is Cc1ccc(C)c(Oc2ncccc2CNC2CC2)c1C. The van der Waals surface area contributed by atoms with Gasteiger partial charge in [0.05, 0.1) is 0 Å². The van der Waals surface area contributed by atoms with Gasteiger partial charge in [-0.05, 0) is 56.4 Å². The molecule has 0 saturated heterocycles. The van der Waals surface area contributed by atoms with E-state index in [2.05, 4.69) is 49.3 Å². The maximum atomic E-state index is 6.15. The monoisotopic (exact) mass is 282 g/mol. The Balaban J connectivity index is 1.85. The van der Waals surface area contributed by atoms with Crippen molar-refractivity contribution in [1.82, 2.24) is 10.3 Å². The highest BCUT2D eigenvalue weighted by Gasteiger charge is 2.21. The van der Waals surface area contributed by atoms with E-state index in [0.29, 0.717) is 11.9 Å². The van der Waals surface area contributed by atoms with Crippen molar-refractivity contribution in [2.24, 2.45) is 0 Å². The summed E-state index contributed by atoms with van der Waals surface area (Å²) in [4.78, 5) is 4.42. The van der Waals surface area contributed by atoms with Crippen LogP contribution < -0.4 is 10.1 Å². The van der Waals surface area contributed by atoms with Crippen molar-refractivity contribution in [3.63, 3.8) is 0 Å². The highest BCUT2D eigenvalue weighted by atomic mass is 16.5. The molecule has 0 atom stereocenters. The molecule has 1 aliphatic carbocycles. The van der Waals surface area contributed by atoms with Gasteiger partial charge >= 0.3 is 0 Å². The second-order valence-corrected chi connectivity index (χ2v) is 5.88. The van der Waals surface area contributed by atoms with Crippen molar-refractivity contribution in [3.05, 3.63) is 52.7 Å². The van der Waals surface area contributed by atoms with Gasteiger partial charge < -0.3 is 10.1 Å². The molecule has 0 spiro atoms. The fourth-order valence-corrected chi connectivity index (χ4v) is 2.37. The summed E-state index contributed by atoms with van der Waals surface area (Å²) in [6.07, 6.45) is 4.36. The molecule has 1 aromatic carbocycles. The second kappa shape index (κ2) is 5.86. The molecule has 1 N–H and O–H groups in total. The molecule has 110 valence electrons. The number of hydrogen-bond donors (Lipinski definition) is 1. The van der Waals surface area contributed by atoms with Gasteiger partial charge in [0.1, 0.15) is 5.75 Å². The fourth-order valence-electron chi connectivity index (χ4n) is 2.37. The lowest BCUT2D eigenvalue weighted by Gasteiger charge is -2.15. The normalized spacial score (nSPS) is 14.2. The van der Waals surface area contributed by atoms with Crippen LogP contribution in [0.3, 0.4) is 0 Å². The van der Waals surface area contributed by atoms with E-state index in [4.69, 9.17) is 4.74 Å². The molecule has 3 rings (SSSR count). The molecule has 1 fully saturated rings. The molecule has 1 aromatic heterocycles. The fraction of sp³-hybridized carbons (Fsp3) is 0.389. The van der Waals surface area contributed by atoms with Crippen molar-refractivity contribution in [3.8, 4) is 11.6 Å². The van der Waals surface area contributed by atoms with E-state index in [-0.39, 0.29) is 0 Å². The number of pyridine rings is 1. The van der Waals surface area contributed by atoms with Crippen LogP contribution in [0.4, 0.5) is 0 Å². The first-order chi connectivity index (χ1) is 10.1. The van der Waals surface area contributed by atoms with Gasteiger partial charge in [-0.2, -0.15) is 0 Å². The highest BCUT2D eigenvalue weighted by Crippen LogP contribution is 2.31. The summed E-state index contributed by atoms with van der Waals surface area (Å²) in [5.74, 6) is 1.64. The molecule has 0 radical (unpaired) electrons. The number of rotatable bonds is 5. The Labute approximate surface area is 126 Å². The van der Waals surface area contributed by atoms with Crippen molar-refractivity contribution in [2.75, 3.05) is 0 Å². The van der Waals surface area contributed by atoms with Crippen LogP contribution in [0.5, 0.6) is 11.6 Å². The first-order valence-electron chi connectivity index (χ1n) is 7.57. The van der Waals surface area contributed by atoms with E-state index in [1.165, 1.54) is 24.0 Å². The van der Waals surface area contributed by atoms with Gasteiger partial charge in [0, 0.05) is 24.3 Å². The van der Waals surface area contributed by atoms with Crippen molar-refractivity contribution in [2.45, 2.75) is 46.2 Å². The Morgan fingerprint density at radius 3 is 2.67 bits per heavy atom. The van der Waals surface area contributed by atoms with Crippen molar-refractivity contribution in [1.29, 1.82) is 0 Å². The number of aryl methyl sites for hydroxylation is 2. The number of hydrogen-bond acceptors (Lipinski definition) is 3. The number of aromatic nitrogens is 1. The quantitative estimate of drug-likeness (QED) is 0.898. The molecule has 1 heterocycles. The van der Waals surface area contributed by atoms with Gasteiger partial charge in [-0.1, -0.05) is 18.2 Å². The summed E-state index contributed by atoms with van der Waals surface area (Å²) in [6, 6.07) is 8.96. The Morgan fingerprint density at radius 1 is 1.14 bits per heavy atom. The third-order valence-corrected chi connectivity index (χ3v) is 4.08. The van der Waals surface area contributed by atoms with E-state index in [9.17, 15) is 0 Å². The maximum absolute atomic E-state index is 6.15. The molecular weight excluding hydrogens is 260 g/mol. The molecule has 0 aliphatic heterocycles. The van der Waals surface area contributed by atoms with Gasteiger partial charge in [0.15, 0.2) is 0 Å². The molecule has 1 aliphatic rings. The first kappa shape index (κ1) is 14.1. The zero-order valence-corrected chi connectivity index (χ0v) is 12.9. The third kappa shape index (κ3) is 3.24. The van der Waals surface area contributed by atoms with E-state index in [0.717, 1.165) is 23.4 Å². The van der Waals surface area contributed by atoms with E-state index in [1.807, 2.05) is 6.07 Å². The Morgan fingerprint density at radius 2 is 1.90 bits per heavy atom. The van der Waals surface area contributed by atoms with Crippen molar-refractivity contribution < 1.29 is 4.74 Å². The first-order valence-corrected chi connectivity index (χ1v) is 7.57. The number of nitrogens with one attached hydrogen (secondary N) is 1. The van der Waals surface area contributed by atoms with Crippen LogP contribution in [0.25, 0.3) is 0 Å². The number of benzene rings is 1. The number of nitrogens with zero attached hydrogens (tertiary/aromatic N) is 1. The summed E-state index contributed by atoms with van der Waals surface area (Å²) >= 11 is 0. The van der Waals surface area contributed by atoms with E-state index < -0.39 is 0 Å². The zero-order chi connectivity index (χ0) is 14.8. The van der Waals surface area contributed by atoms with Crippen LogP contribution in [0.2, 0.25) is 0 Å². The van der Waals surface area contributed by atoms with Crippen LogP contribution >= 0.6 is 0 Å². The van der Waals surface area contributed by atoms with Gasteiger partial charge in [0.2, 0.25) is 5.88 Å². The molecular formula is C18H22N2O. The minimum Gasteiger partial charge on any atom is -0.438 e. The Bertz CT molecular complexity index is 648. The predicted molar refractivity (Wildman–Crippen MR) is 84.8 cm³/mol. The second-order valence-electron chi connectivity index (χ2n) is 5.88. The van der Waals surface area contributed by atoms with Gasteiger partial charge in [-0.3, -0.25) is 0 Å². The van der Waals surface area contributed by atoms with Gasteiger partial charge in [-0.25, -0.2) is 4.98 Å². The highest BCUT2D eigenvalue weighted by molar-refractivity contribution is 5.47. The van der Waals surface area contributed by atoms with E-state index >= 15 is 0 Å². The van der Waals surface area contributed by atoms with Crippen molar-refractivity contribution >= 4 is 0 Å². The smallest absolute Gasteiger partial charge is 0.223 e. The topological polar surface area (TPSA) is 34.1 Å². The van der Waals surface area contributed by atoms with Gasteiger partial charge in [-0.15, -0.1) is 0 Å². The van der Waals surface area contributed by atoms with E-state index in [1.54, 1.807) is 6.20 Å². The zero-order valence-electron chi connectivity index (χ0n) is 12.9. The average molecular weight is 282 g/mol. The molecule has 1 saturated carbocycles. The predicted octanol–water partition coefficient (Wildman–Crippen LogP) is 4.05. The van der Waals surface area contributed by atoms with Crippen LogP contribution in [-0.2, 0) is 6.54 Å². The molecule has 3 nitrogen and oxygen atoms in total. The molecule has 3 heteroatoms. The Kier molecular flexibility index (Phi) is 3.93. The van der Waals surface area contributed by atoms with Crippen LogP contribution in [-0.4, -0.2) is 11.0 Å². The molecule has 0 unspecified atom stereocenters. The summed E-state index contributed by atoms with van der Waals surface area (Å²) in [5.41, 5.74) is 4.68. The minimum absolute atomic E-state index is 0.681. The lowest BCUT2D eigenvalue weighted by molar-refractivity contribution is 0.446. The summed E-state index contributed by atoms with van der Waals surface area (Å²) in [5, 5.41) is 3.52. The summed E-state index contributed by atoms with van der Waals surface area (Å²) in [6.45, 7) is 7.10. The van der Waals surface area contributed by atoms with Crippen LogP contribution in [0.15, 0.2) is 30.5 Å². The van der Waals surface area contributed by atoms with Crippen LogP contribution in [0.1, 0.15) is 35.1 Å². The third-order valence-electron chi connectivity index (χ3n) is 4.08. The maximum Gasteiger partial charge on any atom is 0.223 e. The summed E-state index contributed by atoms with van der Waals surface area (Å²) < 4.78 is 6.15. The lowest BCUT2D eigenvalue weighted by Crippen LogP contribution is -2.16. The standard InChI is InChI=1S/C18H22N2O/c1-12-6-7-13(2)17(14(12)3)21-18-15(5-4-10-19-18)11-20-16-8-9-16/h4-7,10,16,20H,8-9,11H2,1-3H3. The lowest BCUT2D eigenvalue weighted by atomic mass is 10.1. The number of ether oxygens (including phenoxy) is 1. The minimum atomic E-state index is 0.681. The largest absolute Gasteiger partial charge is 0.438 e. The molecule has 0 amide bonds. The molecule has 21 heavy (non-hydrogen) atoms. The summed E-state index contributed by atoms with van der Waals surface area (Å²) in [7, 11) is 0. The molecule has 2 aromatic rings. The Hall–Kier alpha value is -1.87. The average Bonchev–Trinajstić information content (AvgIpc) is 3.31. The van der Waals surface area contributed by atoms with Gasteiger partial charge in [0.25, 0.3) is 0 Å².